The van der Waals surface area contributed by atoms with E-state index in [9.17, 15) is 18.0 Å². The predicted molar refractivity (Wildman–Crippen MR) is 112 cm³/mol. The number of ether oxygens (including phenoxy) is 1. The minimum Gasteiger partial charge on any atom is -0.383 e. The van der Waals surface area contributed by atoms with Crippen LogP contribution in [0.5, 0.6) is 0 Å². The fourth-order valence-electron chi connectivity index (χ4n) is 3.92. The molecule has 0 unspecified atom stereocenters. The van der Waals surface area contributed by atoms with Gasteiger partial charge in [-0.25, -0.2) is 4.98 Å². The van der Waals surface area contributed by atoms with Gasteiger partial charge in [-0.2, -0.15) is 13.2 Å². The third kappa shape index (κ3) is 3.75. The van der Waals surface area contributed by atoms with Crippen LogP contribution in [0.15, 0.2) is 30.5 Å². The highest BCUT2D eigenvalue weighted by Gasteiger charge is 2.35. The number of carbonyl (C=O) groups excluding carboxylic acids is 1. The fraction of sp³-hybridized carbons (Fsp3) is 0.318. The first-order valence-electron chi connectivity index (χ1n) is 10.0. The van der Waals surface area contributed by atoms with E-state index in [4.69, 9.17) is 22.1 Å². The summed E-state index contributed by atoms with van der Waals surface area (Å²) in [5, 5.41) is 0.988. The number of rotatable bonds is 4. The Morgan fingerprint density at radius 1 is 1.22 bits per heavy atom. The van der Waals surface area contributed by atoms with E-state index in [1.807, 2.05) is 0 Å². The Labute approximate surface area is 186 Å². The maximum absolute atomic E-state index is 13.4. The lowest BCUT2D eigenvalue weighted by Gasteiger charge is -2.23. The number of hydrogen-bond acceptors (Lipinski definition) is 5. The highest BCUT2D eigenvalue weighted by Crippen LogP contribution is 2.36. The quantitative estimate of drug-likeness (QED) is 0.606. The van der Waals surface area contributed by atoms with Crippen molar-refractivity contribution in [3.05, 3.63) is 63.4 Å². The van der Waals surface area contributed by atoms with Crippen molar-refractivity contribution in [3.8, 4) is 0 Å². The molecule has 2 aliphatic rings. The van der Waals surface area contributed by atoms with Gasteiger partial charge in [0.1, 0.15) is 5.82 Å². The molecule has 10 heteroatoms. The smallest absolute Gasteiger partial charge is 0.383 e. The molecule has 1 saturated carbocycles. The molecule has 1 fully saturated rings. The Bertz CT molecular complexity index is 1230. The molecule has 1 aliphatic heterocycles. The number of anilines is 1. The second-order valence-electron chi connectivity index (χ2n) is 8.00. The fourth-order valence-corrected chi connectivity index (χ4v) is 4.16. The molecule has 1 aromatic carbocycles. The number of alkyl halides is 3. The molecule has 3 aromatic rings. The van der Waals surface area contributed by atoms with E-state index in [0.29, 0.717) is 35.8 Å². The average molecular weight is 463 g/mol. The van der Waals surface area contributed by atoms with Crippen molar-refractivity contribution in [3.63, 3.8) is 0 Å². The highest BCUT2D eigenvalue weighted by molar-refractivity contribution is 6.34. The zero-order valence-electron chi connectivity index (χ0n) is 16.7. The van der Waals surface area contributed by atoms with Crippen LogP contribution in [0.4, 0.5) is 19.0 Å². The second-order valence-corrected chi connectivity index (χ2v) is 8.40. The summed E-state index contributed by atoms with van der Waals surface area (Å²) < 4.78 is 44.0. The number of nitrogen functional groups attached to an aromatic ring is 1. The molecule has 32 heavy (non-hydrogen) atoms. The summed E-state index contributed by atoms with van der Waals surface area (Å²) in [5.74, 6) is 0.0821. The zero-order chi connectivity index (χ0) is 22.6. The Morgan fingerprint density at radius 3 is 2.62 bits per heavy atom. The first kappa shape index (κ1) is 21.0. The molecule has 6 nitrogen and oxygen atoms in total. The number of nitrogens with two attached hydrogens (primary N) is 1. The zero-order valence-corrected chi connectivity index (χ0v) is 17.5. The number of nitrogens with zero attached hydrogens (tertiary/aromatic N) is 3. The van der Waals surface area contributed by atoms with E-state index in [0.717, 1.165) is 41.6 Å². The first-order valence-corrected chi connectivity index (χ1v) is 10.4. The van der Waals surface area contributed by atoms with Crippen molar-refractivity contribution >= 4 is 34.2 Å². The van der Waals surface area contributed by atoms with Gasteiger partial charge in [0.25, 0.3) is 5.91 Å². The van der Waals surface area contributed by atoms with Crippen LogP contribution in [0.1, 0.15) is 45.6 Å². The molecule has 0 spiro atoms. The number of benzene rings is 1. The normalized spacial score (nSPS) is 15.8. The van der Waals surface area contributed by atoms with Crippen molar-refractivity contribution < 1.29 is 22.7 Å². The maximum Gasteiger partial charge on any atom is 0.417 e. The van der Waals surface area contributed by atoms with E-state index in [2.05, 4.69) is 9.97 Å². The molecule has 0 atom stereocenters. The second kappa shape index (κ2) is 7.60. The summed E-state index contributed by atoms with van der Waals surface area (Å²) in [7, 11) is 0. The van der Waals surface area contributed by atoms with Gasteiger partial charge in [-0.05, 0) is 42.7 Å². The van der Waals surface area contributed by atoms with Crippen LogP contribution in [0.3, 0.4) is 0 Å². The van der Waals surface area contributed by atoms with E-state index in [1.54, 1.807) is 17.0 Å². The Morgan fingerprint density at radius 2 is 1.97 bits per heavy atom. The molecule has 0 radical (unpaired) electrons. The molecule has 3 heterocycles. The van der Waals surface area contributed by atoms with E-state index in [1.165, 1.54) is 6.07 Å². The van der Waals surface area contributed by atoms with Crippen molar-refractivity contribution in [2.45, 2.75) is 44.8 Å². The molecule has 2 N–H and O–H groups in total. The molecular formula is C22H18ClF3N4O2. The van der Waals surface area contributed by atoms with Gasteiger partial charge in [0.05, 0.1) is 47.1 Å². The Kier molecular flexibility index (Phi) is 4.98. The van der Waals surface area contributed by atoms with E-state index < -0.39 is 11.7 Å². The van der Waals surface area contributed by atoms with Crippen molar-refractivity contribution in [1.29, 1.82) is 0 Å². The van der Waals surface area contributed by atoms with Gasteiger partial charge in [0.2, 0.25) is 0 Å². The number of fused-ring (bicyclic) bond motifs is 3. The number of carbonyl (C=O) groups is 1. The standard InChI is InChI=1S/C22H18ClF3N4O2/c23-18-6-19-14(16-9-32-10-17(16)20(27)29-19)5-15(18)21(31)30(13-3-4-13)8-12-2-1-11(7-28-12)22(24,25)26/h1-2,5-7,13H,3-4,8-10H2,(H2,27,29). The Hall–Kier alpha value is -2.91. The average Bonchev–Trinajstić information content (AvgIpc) is 3.46. The summed E-state index contributed by atoms with van der Waals surface area (Å²) in [6.45, 7) is 0.830. The maximum atomic E-state index is 13.4. The Balaban J connectivity index is 1.48. The third-order valence-corrected chi connectivity index (χ3v) is 6.09. The van der Waals surface area contributed by atoms with Crippen LogP contribution in [0, 0.1) is 0 Å². The SMILES string of the molecule is Nc1nc2cc(Cl)c(C(=O)N(Cc3ccc(C(F)(F)F)cn3)C3CC3)cc2c2c1COC2. The lowest BCUT2D eigenvalue weighted by Crippen LogP contribution is -2.33. The molecule has 5 rings (SSSR count). The van der Waals surface area contributed by atoms with Gasteiger partial charge in [-0.15, -0.1) is 0 Å². The number of aromatic nitrogens is 2. The molecule has 0 bridgehead atoms. The predicted octanol–water partition coefficient (Wildman–Crippen LogP) is 4.72. The van der Waals surface area contributed by atoms with Gasteiger partial charge in [0, 0.05) is 23.2 Å². The van der Waals surface area contributed by atoms with Gasteiger partial charge in [-0.3, -0.25) is 9.78 Å². The summed E-state index contributed by atoms with van der Waals surface area (Å²) in [6, 6.07) is 5.58. The number of amides is 1. The highest BCUT2D eigenvalue weighted by atomic mass is 35.5. The van der Waals surface area contributed by atoms with Crippen molar-refractivity contribution in [2.24, 2.45) is 0 Å². The minimum atomic E-state index is -4.46. The van der Waals surface area contributed by atoms with Gasteiger partial charge < -0.3 is 15.4 Å². The summed E-state index contributed by atoms with van der Waals surface area (Å²) in [5.41, 5.74) is 8.15. The summed E-state index contributed by atoms with van der Waals surface area (Å²) in [4.78, 5) is 23.4. The van der Waals surface area contributed by atoms with Crippen LogP contribution >= 0.6 is 11.6 Å². The monoisotopic (exact) mass is 462 g/mol. The summed E-state index contributed by atoms with van der Waals surface area (Å²) >= 11 is 6.44. The third-order valence-electron chi connectivity index (χ3n) is 5.78. The van der Waals surface area contributed by atoms with Crippen LogP contribution in [0.2, 0.25) is 5.02 Å². The molecule has 1 aliphatic carbocycles. The van der Waals surface area contributed by atoms with Crippen LogP contribution in [-0.2, 0) is 30.7 Å². The minimum absolute atomic E-state index is 0.00283. The lowest BCUT2D eigenvalue weighted by molar-refractivity contribution is -0.137. The van der Waals surface area contributed by atoms with Gasteiger partial charge in [-0.1, -0.05) is 11.6 Å². The van der Waals surface area contributed by atoms with Crippen LogP contribution in [0.25, 0.3) is 10.9 Å². The molecule has 1 amide bonds. The van der Waals surface area contributed by atoms with Crippen LogP contribution in [-0.4, -0.2) is 26.8 Å². The van der Waals surface area contributed by atoms with Crippen molar-refractivity contribution in [1.82, 2.24) is 14.9 Å². The van der Waals surface area contributed by atoms with Gasteiger partial charge >= 0.3 is 6.18 Å². The number of halogens is 4. The molecule has 2 aromatic heterocycles. The largest absolute Gasteiger partial charge is 0.417 e. The van der Waals surface area contributed by atoms with E-state index in [-0.39, 0.29) is 23.5 Å². The number of hydrogen-bond donors (Lipinski definition) is 1. The molecular weight excluding hydrogens is 445 g/mol. The van der Waals surface area contributed by atoms with Crippen LogP contribution < -0.4 is 5.73 Å². The number of pyridine rings is 2. The van der Waals surface area contributed by atoms with Gasteiger partial charge in [0.15, 0.2) is 0 Å². The molecule has 166 valence electrons. The van der Waals surface area contributed by atoms with E-state index >= 15 is 0 Å². The first-order chi connectivity index (χ1) is 15.2. The molecule has 0 saturated heterocycles. The topological polar surface area (TPSA) is 81.3 Å². The lowest BCUT2D eigenvalue weighted by atomic mass is 10.0. The summed E-state index contributed by atoms with van der Waals surface area (Å²) in [6.07, 6.45) is -2.04. The van der Waals surface area contributed by atoms with Crippen molar-refractivity contribution in [2.75, 3.05) is 5.73 Å².